The largest absolute Gasteiger partial charge is 0.312 e. The van der Waals surface area contributed by atoms with Gasteiger partial charge in [0.15, 0.2) is 0 Å². The Balaban J connectivity index is 2.22. The van der Waals surface area contributed by atoms with Gasteiger partial charge < -0.3 is 5.43 Å². The van der Waals surface area contributed by atoms with Crippen LogP contribution in [0.1, 0.15) is 30.9 Å². The van der Waals surface area contributed by atoms with Crippen molar-refractivity contribution in [3.63, 3.8) is 0 Å². The molecule has 0 amide bonds. The molecular weight excluding hydrogens is 186 g/mol. The zero-order valence-corrected chi connectivity index (χ0v) is 9.20. The van der Waals surface area contributed by atoms with E-state index in [-0.39, 0.29) is 6.04 Å². The van der Waals surface area contributed by atoms with Gasteiger partial charge in [0.2, 0.25) is 0 Å². The summed E-state index contributed by atoms with van der Waals surface area (Å²) < 4.78 is 0. The quantitative estimate of drug-likeness (QED) is 0.332. The van der Waals surface area contributed by atoms with Gasteiger partial charge in [-0.05, 0) is 31.4 Å². The Bertz CT molecular complexity index is 382. The SMILES string of the molecule is CC(C)N=C(NN)C1Cc2ccccc21. The van der Waals surface area contributed by atoms with Gasteiger partial charge >= 0.3 is 0 Å². The Morgan fingerprint density at radius 2 is 2.20 bits per heavy atom. The van der Waals surface area contributed by atoms with Gasteiger partial charge in [0.25, 0.3) is 0 Å². The molecule has 0 saturated heterocycles. The van der Waals surface area contributed by atoms with E-state index in [0.29, 0.717) is 5.92 Å². The Morgan fingerprint density at radius 3 is 2.80 bits per heavy atom. The molecule has 3 heteroatoms. The third-order valence-electron chi connectivity index (χ3n) is 2.73. The minimum absolute atomic E-state index is 0.281. The molecule has 1 aliphatic carbocycles. The van der Waals surface area contributed by atoms with E-state index in [1.54, 1.807) is 0 Å². The van der Waals surface area contributed by atoms with Crippen LogP contribution in [0, 0.1) is 0 Å². The standard InChI is InChI=1S/C12H17N3/c1-8(2)14-12(15-13)11-7-9-5-3-4-6-10(9)11/h3-6,8,11H,7,13H2,1-2H3,(H,14,15). The minimum atomic E-state index is 0.281. The van der Waals surface area contributed by atoms with Gasteiger partial charge in [-0.2, -0.15) is 0 Å². The molecular formula is C12H17N3. The maximum absolute atomic E-state index is 5.51. The minimum Gasteiger partial charge on any atom is -0.312 e. The summed E-state index contributed by atoms with van der Waals surface area (Å²) in [5.74, 6) is 6.78. The van der Waals surface area contributed by atoms with E-state index in [1.807, 2.05) is 0 Å². The van der Waals surface area contributed by atoms with Gasteiger partial charge in [-0.15, -0.1) is 0 Å². The van der Waals surface area contributed by atoms with Crippen LogP contribution in [0.3, 0.4) is 0 Å². The lowest BCUT2D eigenvalue weighted by molar-refractivity contribution is 0.711. The van der Waals surface area contributed by atoms with Crippen LogP contribution in [0.15, 0.2) is 29.3 Å². The van der Waals surface area contributed by atoms with E-state index in [1.165, 1.54) is 11.1 Å². The van der Waals surface area contributed by atoms with Gasteiger partial charge in [-0.3, -0.25) is 4.99 Å². The van der Waals surface area contributed by atoms with E-state index < -0.39 is 0 Å². The second-order valence-corrected chi connectivity index (χ2v) is 4.21. The molecule has 1 aromatic rings. The normalized spacial score (nSPS) is 19.7. The number of hydrogen-bond donors (Lipinski definition) is 2. The van der Waals surface area contributed by atoms with E-state index >= 15 is 0 Å². The number of nitrogens with two attached hydrogens (primary N) is 1. The van der Waals surface area contributed by atoms with Gasteiger partial charge in [0.1, 0.15) is 5.84 Å². The van der Waals surface area contributed by atoms with Crippen LogP contribution >= 0.6 is 0 Å². The maximum Gasteiger partial charge on any atom is 0.118 e. The first-order chi connectivity index (χ1) is 7.22. The van der Waals surface area contributed by atoms with Crippen molar-refractivity contribution in [2.75, 3.05) is 0 Å². The maximum atomic E-state index is 5.51. The van der Waals surface area contributed by atoms with Crippen LogP contribution in [0.2, 0.25) is 0 Å². The molecule has 0 aromatic heterocycles. The first kappa shape index (κ1) is 10.2. The molecule has 0 spiro atoms. The van der Waals surface area contributed by atoms with Crippen molar-refractivity contribution < 1.29 is 0 Å². The van der Waals surface area contributed by atoms with E-state index in [9.17, 15) is 0 Å². The Hall–Kier alpha value is -1.35. The summed E-state index contributed by atoms with van der Waals surface area (Å²) in [7, 11) is 0. The lowest BCUT2D eigenvalue weighted by atomic mass is 9.77. The fourth-order valence-corrected chi connectivity index (χ4v) is 2.01. The molecule has 0 heterocycles. The fraction of sp³-hybridized carbons (Fsp3) is 0.417. The summed E-state index contributed by atoms with van der Waals surface area (Å²) >= 11 is 0. The number of rotatable bonds is 2. The Kier molecular flexibility index (Phi) is 2.73. The lowest BCUT2D eigenvalue weighted by Gasteiger charge is -2.31. The predicted molar refractivity (Wildman–Crippen MR) is 62.8 cm³/mol. The van der Waals surface area contributed by atoms with Crippen molar-refractivity contribution >= 4 is 5.84 Å². The molecule has 80 valence electrons. The number of hydrogen-bond acceptors (Lipinski definition) is 2. The first-order valence-corrected chi connectivity index (χ1v) is 5.34. The molecule has 0 saturated carbocycles. The Morgan fingerprint density at radius 1 is 1.47 bits per heavy atom. The van der Waals surface area contributed by atoms with Crippen LogP contribution in [0.4, 0.5) is 0 Å². The highest BCUT2D eigenvalue weighted by atomic mass is 15.3. The molecule has 0 radical (unpaired) electrons. The van der Waals surface area contributed by atoms with E-state index in [2.05, 4.69) is 48.5 Å². The molecule has 3 nitrogen and oxygen atoms in total. The number of fused-ring (bicyclic) bond motifs is 1. The van der Waals surface area contributed by atoms with Crippen LogP contribution in [0.25, 0.3) is 0 Å². The van der Waals surface area contributed by atoms with Crippen LogP contribution in [-0.2, 0) is 6.42 Å². The van der Waals surface area contributed by atoms with Gasteiger partial charge in [-0.25, -0.2) is 5.84 Å². The van der Waals surface area contributed by atoms with Gasteiger partial charge in [0.05, 0.1) is 0 Å². The van der Waals surface area contributed by atoms with E-state index in [4.69, 9.17) is 5.84 Å². The smallest absolute Gasteiger partial charge is 0.118 e. The van der Waals surface area contributed by atoms with Crippen molar-refractivity contribution in [2.24, 2.45) is 10.8 Å². The summed E-state index contributed by atoms with van der Waals surface area (Å²) in [6.45, 7) is 4.11. The van der Waals surface area contributed by atoms with Crippen LogP contribution < -0.4 is 11.3 Å². The van der Waals surface area contributed by atoms with Crippen LogP contribution in [0.5, 0.6) is 0 Å². The van der Waals surface area contributed by atoms with Crippen LogP contribution in [-0.4, -0.2) is 11.9 Å². The van der Waals surface area contributed by atoms with E-state index in [0.717, 1.165) is 12.3 Å². The highest BCUT2D eigenvalue weighted by molar-refractivity contribution is 5.91. The molecule has 2 rings (SSSR count). The molecule has 1 aromatic carbocycles. The van der Waals surface area contributed by atoms with Crippen molar-refractivity contribution in [2.45, 2.75) is 32.2 Å². The zero-order valence-electron chi connectivity index (χ0n) is 9.20. The highest BCUT2D eigenvalue weighted by Gasteiger charge is 2.29. The van der Waals surface area contributed by atoms with Crippen molar-refractivity contribution in [3.8, 4) is 0 Å². The number of benzene rings is 1. The first-order valence-electron chi connectivity index (χ1n) is 5.34. The molecule has 1 unspecified atom stereocenters. The average molecular weight is 203 g/mol. The number of amidine groups is 1. The molecule has 1 atom stereocenters. The second-order valence-electron chi connectivity index (χ2n) is 4.21. The molecule has 0 aliphatic heterocycles. The summed E-state index contributed by atoms with van der Waals surface area (Å²) in [5, 5.41) is 0. The summed E-state index contributed by atoms with van der Waals surface area (Å²) in [4.78, 5) is 4.50. The predicted octanol–water partition coefficient (Wildman–Crippen LogP) is 1.60. The number of nitrogens with zero attached hydrogens (tertiary/aromatic N) is 1. The molecule has 0 fully saturated rings. The lowest BCUT2D eigenvalue weighted by Crippen LogP contribution is -2.40. The fourth-order valence-electron chi connectivity index (χ4n) is 2.01. The van der Waals surface area contributed by atoms with Crippen molar-refractivity contribution in [1.29, 1.82) is 0 Å². The summed E-state index contributed by atoms with van der Waals surface area (Å²) in [5.41, 5.74) is 5.49. The summed E-state index contributed by atoms with van der Waals surface area (Å²) in [6, 6.07) is 8.73. The molecule has 3 N–H and O–H groups in total. The topological polar surface area (TPSA) is 50.4 Å². The monoisotopic (exact) mass is 203 g/mol. The van der Waals surface area contributed by atoms with Gasteiger partial charge in [-0.1, -0.05) is 24.3 Å². The molecule has 1 aliphatic rings. The Labute approximate surface area is 90.4 Å². The molecule has 0 bridgehead atoms. The average Bonchev–Trinajstić information content (AvgIpc) is 2.17. The number of aliphatic imine (C=N–C) groups is 1. The van der Waals surface area contributed by atoms with Gasteiger partial charge in [0, 0.05) is 12.0 Å². The third kappa shape index (κ3) is 1.88. The third-order valence-corrected chi connectivity index (χ3v) is 2.73. The van der Waals surface area contributed by atoms with Crippen molar-refractivity contribution in [3.05, 3.63) is 35.4 Å². The number of hydrazine groups is 1. The number of nitrogens with one attached hydrogen (secondary N) is 1. The highest BCUT2D eigenvalue weighted by Crippen LogP contribution is 2.35. The zero-order chi connectivity index (χ0) is 10.8. The second kappa shape index (κ2) is 4.03. The molecule has 15 heavy (non-hydrogen) atoms. The summed E-state index contributed by atoms with van der Waals surface area (Å²) in [6.07, 6.45) is 1.05. The van der Waals surface area contributed by atoms with Crippen molar-refractivity contribution in [1.82, 2.24) is 5.43 Å².